The fraction of sp³-hybridized carbons (Fsp3) is 0.412. The van der Waals surface area contributed by atoms with Gasteiger partial charge in [0, 0.05) is 12.6 Å². The lowest BCUT2D eigenvalue weighted by Gasteiger charge is -2.41. The second kappa shape index (κ2) is 6.05. The van der Waals surface area contributed by atoms with Crippen molar-refractivity contribution in [2.75, 3.05) is 10.7 Å². The van der Waals surface area contributed by atoms with Crippen LogP contribution in [0.5, 0.6) is 0 Å². The van der Waals surface area contributed by atoms with Crippen LogP contribution in [-0.4, -0.2) is 37.4 Å². The maximum Gasteiger partial charge on any atom is 0.238 e. The molecule has 2 aromatic rings. The highest BCUT2D eigenvalue weighted by Crippen LogP contribution is 2.39. The van der Waals surface area contributed by atoms with Crippen molar-refractivity contribution in [1.82, 2.24) is 20.2 Å². The molecule has 0 bridgehead atoms. The number of nitrogens with zero attached hydrogens (tertiary/aromatic N) is 5. The summed E-state index contributed by atoms with van der Waals surface area (Å²) >= 11 is 1.35. The third-order valence-electron chi connectivity index (χ3n) is 4.12. The maximum absolute atomic E-state index is 13.0. The first-order valence-corrected chi connectivity index (χ1v) is 8.77. The van der Waals surface area contributed by atoms with Crippen molar-refractivity contribution < 1.29 is 4.79 Å². The van der Waals surface area contributed by atoms with Gasteiger partial charge in [0.1, 0.15) is 0 Å². The van der Waals surface area contributed by atoms with Crippen LogP contribution in [0.3, 0.4) is 0 Å². The van der Waals surface area contributed by atoms with Gasteiger partial charge in [-0.25, -0.2) is 4.68 Å². The third kappa shape index (κ3) is 2.96. The lowest BCUT2D eigenvalue weighted by atomic mass is 9.88. The lowest BCUT2D eigenvalue weighted by molar-refractivity contribution is -0.116. The number of anilines is 1. The van der Waals surface area contributed by atoms with Crippen LogP contribution in [0.1, 0.15) is 31.9 Å². The van der Waals surface area contributed by atoms with Gasteiger partial charge >= 0.3 is 0 Å². The van der Waals surface area contributed by atoms with E-state index >= 15 is 0 Å². The average Bonchev–Trinajstić information content (AvgIpc) is 2.89. The van der Waals surface area contributed by atoms with Gasteiger partial charge in [-0.05, 0) is 55.3 Å². The number of hydrogen-bond acceptors (Lipinski definition) is 5. The van der Waals surface area contributed by atoms with Gasteiger partial charge in [0.05, 0.1) is 17.0 Å². The molecule has 1 amide bonds. The van der Waals surface area contributed by atoms with E-state index in [-0.39, 0.29) is 17.2 Å². The number of hydrogen-bond donors (Lipinski definition) is 0. The summed E-state index contributed by atoms with van der Waals surface area (Å²) in [6, 6.07) is 6.25. The van der Waals surface area contributed by atoms with Crippen molar-refractivity contribution in [3.8, 4) is 0 Å². The fourth-order valence-electron chi connectivity index (χ4n) is 3.13. The van der Waals surface area contributed by atoms with Crippen LogP contribution in [0.15, 0.2) is 29.4 Å². The maximum atomic E-state index is 13.0. The molecular formula is C17H21N5OS. The molecule has 2 heterocycles. The molecule has 3 rings (SSSR count). The van der Waals surface area contributed by atoms with E-state index in [9.17, 15) is 4.79 Å². The Kier molecular flexibility index (Phi) is 4.21. The molecule has 0 saturated heterocycles. The first kappa shape index (κ1) is 16.7. The van der Waals surface area contributed by atoms with E-state index < -0.39 is 0 Å². The molecule has 6 nitrogen and oxygen atoms in total. The molecule has 0 saturated carbocycles. The summed E-state index contributed by atoms with van der Waals surface area (Å²) < 4.78 is 1.57. The number of thioether (sulfide) groups is 1. The molecule has 1 aromatic heterocycles. The summed E-state index contributed by atoms with van der Waals surface area (Å²) in [6.45, 7) is 8.27. The molecule has 126 valence electrons. The summed E-state index contributed by atoms with van der Waals surface area (Å²) in [5.41, 5.74) is 4.05. The molecule has 1 aliphatic heterocycles. The molecule has 7 heteroatoms. The van der Waals surface area contributed by atoms with Gasteiger partial charge in [0.25, 0.3) is 0 Å². The van der Waals surface area contributed by atoms with Gasteiger partial charge in [-0.3, -0.25) is 4.79 Å². The summed E-state index contributed by atoms with van der Waals surface area (Å²) in [4.78, 5) is 14.9. The van der Waals surface area contributed by atoms with Gasteiger partial charge in [-0.15, -0.1) is 5.10 Å². The molecule has 0 fully saturated rings. The van der Waals surface area contributed by atoms with Crippen LogP contribution >= 0.6 is 11.8 Å². The molecule has 0 atom stereocenters. The highest BCUT2D eigenvalue weighted by molar-refractivity contribution is 7.99. The molecule has 24 heavy (non-hydrogen) atoms. The minimum absolute atomic E-state index is 0.0450. The van der Waals surface area contributed by atoms with E-state index in [0.29, 0.717) is 5.16 Å². The number of rotatable bonds is 3. The van der Waals surface area contributed by atoms with Crippen molar-refractivity contribution >= 4 is 28.9 Å². The molecule has 1 aromatic carbocycles. The first-order valence-electron chi connectivity index (χ1n) is 7.78. The van der Waals surface area contributed by atoms with Crippen LogP contribution in [0.2, 0.25) is 0 Å². The van der Waals surface area contributed by atoms with E-state index in [2.05, 4.69) is 60.6 Å². The number of tetrazole rings is 1. The zero-order valence-electron chi connectivity index (χ0n) is 14.6. The van der Waals surface area contributed by atoms with E-state index in [1.54, 1.807) is 11.7 Å². The predicted octanol–water partition coefficient (Wildman–Crippen LogP) is 2.84. The van der Waals surface area contributed by atoms with E-state index in [4.69, 9.17) is 0 Å². The third-order valence-corrected chi connectivity index (χ3v) is 5.12. The summed E-state index contributed by atoms with van der Waals surface area (Å²) in [5, 5.41) is 12.0. The van der Waals surface area contributed by atoms with Gasteiger partial charge in [0.15, 0.2) is 0 Å². The van der Waals surface area contributed by atoms with Gasteiger partial charge in [0.2, 0.25) is 11.1 Å². The minimum Gasteiger partial charge on any atom is -0.302 e. The first-order chi connectivity index (χ1) is 11.3. The molecule has 0 spiro atoms. The highest BCUT2D eigenvalue weighted by Gasteiger charge is 2.35. The topological polar surface area (TPSA) is 63.9 Å². The van der Waals surface area contributed by atoms with Crippen molar-refractivity contribution in [1.29, 1.82) is 0 Å². The number of allylic oxidation sites excluding steroid dienone is 1. The van der Waals surface area contributed by atoms with Crippen molar-refractivity contribution in [2.24, 2.45) is 7.05 Å². The molecular weight excluding hydrogens is 322 g/mol. The number of fused-ring (bicyclic) bond motifs is 1. The standard InChI is InChI=1S/C17H21N5OS/c1-11-6-7-13-12(2)9-17(3,4)22(14(13)8-11)15(23)10-24-16-18-19-20-21(16)5/h6-9H,10H2,1-5H3. The number of aryl methyl sites for hydroxylation is 2. The Morgan fingerprint density at radius 3 is 2.71 bits per heavy atom. The second-order valence-electron chi connectivity index (χ2n) is 6.60. The van der Waals surface area contributed by atoms with Crippen LogP contribution in [0.4, 0.5) is 5.69 Å². The zero-order chi connectivity index (χ0) is 17.5. The monoisotopic (exact) mass is 343 g/mol. The Balaban J connectivity index is 1.92. The van der Waals surface area contributed by atoms with Gasteiger partial charge < -0.3 is 4.90 Å². The summed E-state index contributed by atoms with van der Waals surface area (Å²) in [7, 11) is 1.77. The fourth-order valence-corrected chi connectivity index (χ4v) is 3.83. The van der Waals surface area contributed by atoms with Crippen LogP contribution in [-0.2, 0) is 11.8 Å². The highest BCUT2D eigenvalue weighted by atomic mass is 32.2. The van der Waals surface area contributed by atoms with Gasteiger partial charge in [-0.1, -0.05) is 30.0 Å². The Morgan fingerprint density at radius 1 is 1.29 bits per heavy atom. The number of carbonyl (C=O) groups is 1. The summed E-state index contributed by atoms with van der Waals surface area (Å²) in [6.07, 6.45) is 2.15. The smallest absolute Gasteiger partial charge is 0.238 e. The zero-order valence-corrected chi connectivity index (χ0v) is 15.4. The number of carbonyl (C=O) groups excluding carboxylic acids is 1. The Hall–Kier alpha value is -2.15. The van der Waals surface area contributed by atoms with Crippen molar-refractivity contribution in [3.05, 3.63) is 35.4 Å². The second-order valence-corrected chi connectivity index (χ2v) is 7.55. The van der Waals surface area contributed by atoms with E-state index in [1.807, 2.05) is 11.8 Å². The summed E-state index contributed by atoms with van der Waals surface area (Å²) in [5.74, 6) is 0.335. The number of benzene rings is 1. The van der Waals surface area contributed by atoms with Crippen LogP contribution < -0.4 is 4.90 Å². The quantitative estimate of drug-likeness (QED) is 0.802. The Bertz CT molecular complexity index is 824. The molecule has 0 aliphatic carbocycles. The van der Waals surface area contributed by atoms with Crippen molar-refractivity contribution in [2.45, 2.75) is 38.4 Å². The molecule has 0 unspecified atom stereocenters. The predicted molar refractivity (Wildman–Crippen MR) is 95.9 cm³/mol. The SMILES string of the molecule is CC1=CC(C)(C)N(C(=O)CSc2nnnn2C)c2cc(C)ccc21. The molecule has 0 N–H and O–H groups in total. The number of amides is 1. The van der Waals surface area contributed by atoms with Crippen molar-refractivity contribution in [3.63, 3.8) is 0 Å². The van der Waals surface area contributed by atoms with Crippen LogP contribution in [0, 0.1) is 6.92 Å². The molecule has 1 aliphatic rings. The Labute approximate surface area is 145 Å². The largest absolute Gasteiger partial charge is 0.302 e. The molecule has 0 radical (unpaired) electrons. The number of aromatic nitrogens is 4. The van der Waals surface area contributed by atoms with E-state index in [1.165, 1.54) is 17.3 Å². The minimum atomic E-state index is -0.374. The van der Waals surface area contributed by atoms with Crippen LogP contribution in [0.25, 0.3) is 5.57 Å². The Morgan fingerprint density at radius 2 is 2.04 bits per heavy atom. The normalized spacial score (nSPS) is 15.9. The van der Waals surface area contributed by atoms with E-state index in [0.717, 1.165) is 16.8 Å². The average molecular weight is 343 g/mol. The lowest BCUT2D eigenvalue weighted by Crippen LogP contribution is -2.49. The van der Waals surface area contributed by atoms with Gasteiger partial charge in [-0.2, -0.15) is 0 Å².